The Hall–Kier alpha value is -2.04. The van der Waals surface area contributed by atoms with Crippen LogP contribution in [0.5, 0.6) is 0 Å². The summed E-state index contributed by atoms with van der Waals surface area (Å²) in [5.41, 5.74) is 1.30. The van der Waals surface area contributed by atoms with Crippen LogP contribution in [0.2, 0.25) is 10.0 Å². The highest BCUT2D eigenvalue weighted by molar-refractivity contribution is 6.31. The summed E-state index contributed by atoms with van der Waals surface area (Å²) in [5, 5.41) is 8.77. The minimum absolute atomic E-state index is 0.357. The first kappa shape index (κ1) is 13.0. The molecule has 6 heteroatoms. The van der Waals surface area contributed by atoms with Gasteiger partial charge in [0.1, 0.15) is 0 Å². The predicted molar refractivity (Wildman–Crippen MR) is 80.6 cm³/mol. The fourth-order valence-electron chi connectivity index (χ4n) is 1.91. The molecule has 1 amide bonds. The number of carbonyl (C=O) groups is 1. The maximum atomic E-state index is 12.2. The van der Waals surface area contributed by atoms with Crippen molar-refractivity contribution in [1.82, 2.24) is 9.78 Å². The number of anilines is 1. The fraction of sp³-hybridized carbons (Fsp3) is 0. The number of fused-ring (bicyclic) bond motifs is 1. The van der Waals surface area contributed by atoms with Crippen molar-refractivity contribution in [2.75, 3.05) is 5.32 Å². The summed E-state index contributed by atoms with van der Waals surface area (Å²) in [7, 11) is 0. The van der Waals surface area contributed by atoms with Gasteiger partial charge in [0.15, 0.2) is 0 Å². The van der Waals surface area contributed by atoms with Gasteiger partial charge in [-0.2, -0.15) is 9.78 Å². The van der Waals surface area contributed by atoms with Gasteiger partial charge in [0, 0.05) is 21.1 Å². The Morgan fingerprint density at radius 3 is 2.70 bits per heavy atom. The van der Waals surface area contributed by atoms with Gasteiger partial charge in [0.25, 0.3) is 0 Å². The van der Waals surface area contributed by atoms with Crippen molar-refractivity contribution in [3.05, 3.63) is 58.7 Å². The Morgan fingerprint density at radius 1 is 1.10 bits per heavy atom. The number of rotatable bonds is 1. The van der Waals surface area contributed by atoms with Crippen molar-refractivity contribution in [3.8, 4) is 0 Å². The van der Waals surface area contributed by atoms with E-state index >= 15 is 0 Å². The van der Waals surface area contributed by atoms with Crippen LogP contribution in [0.15, 0.2) is 48.7 Å². The standard InChI is InChI=1S/C14H9Cl2N3O/c15-10-2-1-3-12(7-10)18-14(20)19-13-5-4-11(16)6-9(13)8-17-19/h1-8H,(H,18,20). The van der Waals surface area contributed by atoms with Gasteiger partial charge in [0.2, 0.25) is 0 Å². The molecule has 20 heavy (non-hydrogen) atoms. The SMILES string of the molecule is O=C(Nc1cccc(Cl)c1)n1ncc2cc(Cl)ccc21. The van der Waals surface area contributed by atoms with Crippen molar-refractivity contribution in [2.24, 2.45) is 0 Å². The highest BCUT2D eigenvalue weighted by atomic mass is 35.5. The van der Waals surface area contributed by atoms with Gasteiger partial charge in [-0.1, -0.05) is 29.3 Å². The van der Waals surface area contributed by atoms with E-state index in [2.05, 4.69) is 10.4 Å². The molecule has 0 radical (unpaired) electrons. The Labute approximate surface area is 124 Å². The number of hydrogen-bond acceptors (Lipinski definition) is 2. The lowest BCUT2D eigenvalue weighted by molar-refractivity contribution is 0.252. The molecule has 2 aromatic carbocycles. The molecule has 3 aromatic rings. The van der Waals surface area contributed by atoms with E-state index in [1.165, 1.54) is 4.68 Å². The zero-order valence-corrected chi connectivity index (χ0v) is 11.7. The topological polar surface area (TPSA) is 46.9 Å². The average molecular weight is 306 g/mol. The third-order valence-electron chi connectivity index (χ3n) is 2.80. The lowest BCUT2D eigenvalue weighted by atomic mass is 10.2. The van der Waals surface area contributed by atoms with Crippen LogP contribution in [-0.4, -0.2) is 15.8 Å². The summed E-state index contributed by atoms with van der Waals surface area (Å²) < 4.78 is 1.28. The fourth-order valence-corrected chi connectivity index (χ4v) is 2.28. The minimum atomic E-state index is -0.357. The molecular weight excluding hydrogens is 297 g/mol. The van der Waals surface area contributed by atoms with Crippen LogP contribution in [0.3, 0.4) is 0 Å². The Kier molecular flexibility index (Phi) is 3.34. The Morgan fingerprint density at radius 2 is 1.90 bits per heavy atom. The zero-order chi connectivity index (χ0) is 14.1. The number of halogens is 2. The van der Waals surface area contributed by atoms with E-state index in [0.29, 0.717) is 21.2 Å². The van der Waals surface area contributed by atoms with Crippen LogP contribution < -0.4 is 5.32 Å². The second-order valence-corrected chi connectivity index (χ2v) is 5.07. The Bertz CT molecular complexity index is 798. The summed E-state index contributed by atoms with van der Waals surface area (Å²) in [6.45, 7) is 0. The summed E-state index contributed by atoms with van der Waals surface area (Å²) in [6.07, 6.45) is 1.60. The monoisotopic (exact) mass is 305 g/mol. The van der Waals surface area contributed by atoms with E-state index in [1.807, 2.05) is 0 Å². The van der Waals surface area contributed by atoms with Crippen molar-refractivity contribution >= 4 is 45.8 Å². The molecule has 0 atom stereocenters. The molecule has 0 aliphatic carbocycles. The van der Waals surface area contributed by atoms with Gasteiger partial charge in [0.05, 0.1) is 11.7 Å². The van der Waals surface area contributed by atoms with Crippen LogP contribution in [0, 0.1) is 0 Å². The van der Waals surface area contributed by atoms with Crippen molar-refractivity contribution < 1.29 is 4.79 Å². The molecule has 0 spiro atoms. The molecule has 3 rings (SSSR count). The van der Waals surface area contributed by atoms with Crippen molar-refractivity contribution in [1.29, 1.82) is 0 Å². The molecule has 0 saturated carbocycles. The van der Waals surface area contributed by atoms with Crippen LogP contribution in [0.4, 0.5) is 10.5 Å². The summed E-state index contributed by atoms with van der Waals surface area (Å²) in [5.74, 6) is 0. The van der Waals surface area contributed by atoms with E-state index in [0.717, 1.165) is 5.39 Å². The number of carbonyl (C=O) groups excluding carboxylic acids is 1. The molecule has 0 unspecified atom stereocenters. The normalized spacial score (nSPS) is 10.7. The highest BCUT2D eigenvalue weighted by Crippen LogP contribution is 2.20. The number of aromatic nitrogens is 2. The summed E-state index contributed by atoms with van der Waals surface area (Å²) >= 11 is 11.8. The molecular formula is C14H9Cl2N3O. The number of hydrogen-bond donors (Lipinski definition) is 1. The van der Waals surface area contributed by atoms with Crippen LogP contribution in [-0.2, 0) is 0 Å². The maximum absolute atomic E-state index is 12.2. The van der Waals surface area contributed by atoms with Gasteiger partial charge < -0.3 is 5.32 Å². The van der Waals surface area contributed by atoms with Gasteiger partial charge in [-0.25, -0.2) is 4.79 Å². The smallest absolute Gasteiger partial charge is 0.306 e. The molecule has 0 saturated heterocycles. The van der Waals surface area contributed by atoms with E-state index in [1.54, 1.807) is 48.7 Å². The molecule has 0 aliphatic rings. The second-order valence-electron chi connectivity index (χ2n) is 4.20. The molecule has 1 aromatic heterocycles. The van der Waals surface area contributed by atoms with E-state index in [-0.39, 0.29) is 6.03 Å². The molecule has 0 aliphatic heterocycles. The minimum Gasteiger partial charge on any atom is -0.306 e. The quantitative estimate of drug-likeness (QED) is 0.723. The third-order valence-corrected chi connectivity index (χ3v) is 3.27. The van der Waals surface area contributed by atoms with Gasteiger partial charge in [-0.05, 0) is 36.4 Å². The van der Waals surface area contributed by atoms with E-state index < -0.39 is 0 Å². The predicted octanol–water partition coefficient (Wildman–Crippen LogP) is 4.42. The number of nitrogens with one attached hydrogen (secondary N) is 1. The molecule has 0 fully saturated rings. The van der Waals surface area contributed by atoms with Gasteiger partial charge in [-0.15, -0.1) is 0 Å². The first-order valence-electron chi connectivity index (χ1n) is 5.84. The lowest BCUT2D eigenvalue weighted by Crippen LogP contribution is -2.20. The van der Waals surface area contributed by atoms with Crippen molar-refractivity contribution in [3.63, 3.8) is 0 Å². The van der Waals surface area contributed by atoms with Gasteiger partial charge >= 0.3 is 6.03 Å². The number of benzene rings is 2. The number of amides is 1. The van der Waals surface area contributed by atoms with Crippen LogP contribution in [0.25, 0.3) is 10.9 Å². The van der Waals surface area contributed by atoms with Crippen LogP contribution >= 0.6 is 23.2 Å². The van der Waals surface area contributed by atoms with Gasteiger partial charge in [-0.3, -0.25) is 0 Å². The first-order chi connectivity index (χ1) is 9.63. The largest absolute Gasteiger partial charge is 0.347 e. The first-order valence-corrected chi connectivity index (χ1v) is 6.59. The van der Waals surface area contributed by atoms with E-state index in [9.17, 15) is 4.79 Å². The molecule has 1 N–H and O–H groups in total. The average Bonchev–Trinajstić information content (AvgIpc) is 2.81. The maximum Gasteiger partial charge on any atom is 0.347 e. The zero-order valence-electron chi connectivity index (χ0n) is 10.2. The summed E-state index contributed by atoms with van der Waals surface area (Å²) in [4.78, 5) is 12.2. The summed E-state index contributed by atoms with van der Waals surface area (Å²) in [6, 6.07) is 11.8. The van der Waals surface area contributed by atoms with E-state index in [4.69, 9.17) is 23.2 Å². The molecule has 1 heterocycles. The lowest BCUT2D eigenvalue weighted by Gasteiger charge is -2.06. The second kappa shape index (κ2) is 5.15. The highest BCUT2D eigenvalue weighted by Gasteiger charge is 2.11. The third kappa shape index (κ3) is 2.48. The van der Waals surface area contributed by atoms with Crippen LogP contribution in [0.1, 0.15) is 0 Å². The number of nitrogens with zero attached hydrogens (tertiary/aromatic N) is 2. The molecule has 4 nitrogen and oxygen atoms in total. The molecule has 0 bridgehead atoms. The molecule has 100 valence electrons. The van der Waals surface area contributed by atoms with Crippen molar-refractivity contribution in [2.45, 2.75) is 0 Å². The Balaban J connectivity index is 1.93.